The van der Waals surface area contributed by atoms with Gasteiger partial charge < -0.3 is 14.6 Å². The Bertz CT molecular complexity index is 1100. The summed E-state index contributed by atoms with van der Waals surface area (Å²) < 4.78 is 9.14. The van der Waals surface area contributed by atoms with Crippen LogP contribution in [0.25, 0.3) is 0 Å². The van der Waals surface area contributed by atoms with Gasteiger partial charge in [0.2, 0.25) is 5.91 Å². The van der Waals surface area contributed by atoms with Gasteiger partial charge in [-0.15, -0.1) is 10.2 Å². The molecule has 8 heteroatoms. The molecule has 0 bridgehead atoms. The molecule has 0 unspecified atom stereocenters. The van der Waals surface area contributed by atoms with Gasteiger partial charge in [-0.25, -0.2) is 0 Å². The Morgan fingerprint density at radius 3 is 2.66 bits per heavy atom. The molecule has 170 valence electrons. The normalized spacial score (nSPS) is 11.1. The monoisotopic (exact) mass is 516 g/mol. The number of anilines is 1. The molecule has 1 heterocycles. The quantitative estimate of drug-likeness (QED) is 0.347. The topological polar surface area (TPSA) is 69.0 Å². The lowest BCUT2D eigenvalue weighted by atomic mass is 10.0. The molecule has 1 aromatic heterocycles. The number of rotatable bonds is 9. The molecule has 1 N–H and O–H groups in total. The number of nitrogens with zero attached hydrogens (tertiary/aromatic N) is 3. The molecule has 0 saturated carbocycles. The fourth-order valence-electron chi connectivity index (χ4n) is 3.29. The summed E-state index contributed by atoms with van der Waals surface area (Å²) in [6.45, 7) is 11.4. The number of hydrogen-bond acceptors (Lipinski definition) is 5. The second kappa shape index (κ2) is 11.0. The zero-order valence-corrected chi connectivity index (χ0v) is 21.5. The lowest BCUT2D eigenvalue weighted by molar-refractivity contribution is -0.113. The van der Waals surface area contributed by atoms with E-state index in [1.54, 1.807) is 0 Å². The van der Waals surface area contributed by atoms with Crippen molar-refractivity contribution in [1.29, 1.82) is 0 Å². The van der Waals surface area contributed by atoms with E-state index in [1.807, 2.05) is 36.6 Å². The number of thioether (sulfide) groups is 1. The van der Waals surface area contributed by atoms with Gasteiger partial charge in [0.15, 0.2) is 11.0 Å². The average Bonchev–Trinajstić information content (AvgIpc) is 3.15. The first-order valence-corrected chi connectivity index (χ1v) is 12.4. The number of amides is 1. The molecule has 0 saturated heterocycles. The highest BCUT2D eigenvalue weighted by molar-refractivity contribution is 9.10. The minimum Gasteiger partial charge on any atom is -0.485 e. The molecule has 3 aromatic rings. The predicted molar refractivity (Wildman–Crippen MR) is 134 cm³/mol. The van der Waals surface area contributed by atoms with Crippen LogP contribution in [0, 0.1) is 13.8 Å². The van der Waals surface area contributed by atoms with Crippen LogP contribution in [0.4, 0.5) is 5.69 Å². The predicted octanol–water partition coefficient (Wildman–Crippen LogP) is 6.11. The molecule has 32 heavy (non-hydrogen) atoms. The minimum atomic E-state index is -0.0819. The second-order valence-electron chi connectivity index (χ2n) is 7.93. The number of carbonyl (C=O) groups excluding carboxylic acids is 1. The summed E-state index contributed by atoms with van der Waals surface area (Å²) in [5.74, 6) is 2.17. The molecule has 0 atom stereocenters. The van der Waals surface area contributed by atoms with Crippen molar-refractivity contribution in [2.45, 2.75) is 58.8 Å². The van der Waals surface area contributed by atoms with E-state index in [4.69, 9.17) is 4.74 Å². The zero-order valence-electron chi connectivity index (χ0n) is 19.1. The summed E-state index contributed by atoms with van der Waals surface area (Å²) in [6.07, 6.45) is 0. The first kappa shape index (κ1) is 24.3. The van der Waals surface area contributed by atoms with Gasteiger partial charge >= 0.3 is 0 Å². The number of aryl methyl sites for hydroxylation is 2. The number of carbonyl (C=O) groups is 1. The van der Waals surface area contributed by atoms with Crippen LogP contribution < -0.4 is 10.1 Å². The third kappa shape index (κ3) is 6.13. The van der Waals surface area contributed by atoms with Crippen LogP contribution in [0.15, 0.2) is 46.0 Å². The van der Waals surface area contributed by atoms with Crippen molar-refractivity contribution < 1.29 is 9.53 Å². The van der Waals surface area contributed by atoms with Crippen molar-refractivity contribution in [3.63, 3.8) is 0 Å². The molecule has 0 aliphatic rings. The van der Waals surface area contributed by atoms with Crippen LogP contribution in [-0.4, -0.2) is 26.4 Å². The lowest BCUT2D eigenvalue weighted by Crippen LogP contribution is -2.15. The third-order valence-corrected chi connectivity index (χ3v) is 6.89. The summed E-state index contributed by atoms with van der Waals surface area (Å²) >= 11 is 4.84. The molecule has 3 rings (SSSR count). The maximum atomic E-state index is 12.4. The standard InChI is InChI=1S/C24H29BrN4O2S/c1-6-29-22(13-31-21-11-16(4)7-9-19(21)15(2)3)27-28-24(29)32-14-23(30)26-18-8-10-20(25)17(5)12-18/h7-12,15H,6,13-14H2,1-5H3,(H,26,30). The van der Waals surface area contributed by atoms with E-state index in [-0.39, 0.29) is 11.7 Å². The van der Waals surface area contributed by atoms with Crippen molar-refractivity contribution in [2.24, 2.45) is 0 Å². The van der Waals surface area contributed by atoms with Crippen LogP contribution in [0.1, 0.15) is 49.2 Å². The SMILES string of the molecule is CCn1c(COc2cc(C)ccc2C(C)C)nnc1SCC(=O)Nc1ccc(Br)c(C)c1. The summed E-state index contributed by atoms with van der Waals surface area (Å²) in [5, 5.41) is 12.2. The number of hydrogen-bond donors (Lipinski definition) is 1. The highest BCUT2D eigenvalue weighted by atomic mass is 79.9. The molecule has 0 fully saturated rings. The molecule has 0 spiro atoms. The van der Waals surface area contributed by atoms with E-state index < -0.39 is 0 Å². The minimum absolute atomic E-state index is 0.0819. The molecule has 6 nitrogen and oxygen atoms in total. The summed E-state index contributed by atoms with van der Waals surface area (Å²) in [7, 11) is 0. The van der Waals surface area contributed by atoms with Crippen molar-refractivity contribution in [1.82, 2.24) is 14.8 Å². The Kier molecular flexibility index (Phi) is 8.37. The summed E-state index contributed by atoms with van der Waals surface area (Å²) in [4.78, 5) is 12.4. The molecule has 2 aromatic carbocycles. The van der Waals surface area contributed by atoms with Gasteiger partial charge in [0, 0.05) is 16.7 Å². The number of nitrogens with one attached hydrogen (secondary N) is 1. The van der Waals surface area contributed by atoms with Crippen LogP contribution in [0.2, 0.25) is 0 Å². The molecule has 1 amide bonds. The number of aromatic nitrogens is 3. The highest BCUT2D eigenvalue weighted by Crippen LogP contribution is 2.28. The first-order chi connectivity index (χ1) is 15.3. The molecular formula is C24H29BrN4O2S. The van der Waals surface area contributed by atoms with E-state index in [9.17, 15) is 4.79 Å². The van der Waals surface area contributed by atoms with Crippen molar-refractivity contribution in [3.05, 3.63) is 63.4 Å². The number of ether oxygens (including phenoxy) is 1. The maximum absolute atomic E-state index is 12.4. The lowest BCUT2D eigenvalue weighted by Gasteiger charge is -2.15. The Hall–Kier alpha value is -2.32. The third-order valence-electron chi connectivity index (χ3n) is 5.03. The van der Waals surface area contributed by atoms with Gasteiger partial charge in [0.1, 0.15) is 12.4 Å². The van der Waals surface area contributed by atoms with Crippen molar-refractivity contribution in [3.8, 4) is 5.75 Å². The van der Waals surface area contributed by atoms with Crippen LogP contribution >= 0.6 is 27.7 Å². The number of halogens is 1. The fourth-order valence-corrected chi connectivity index (χ4v) is 4.35. The Morgan fingerprint density at radius 2 is 1.97 bits per heavy atom. The van der Waals surface area contributed by atoms with Gasteiger partial charge in [0.05, 0.1) is 5.75 Å². The van der Waals surface area contributed by atoms with E-state index in [1.165, 1.54) is 17.3 Å². The van der Waals surface area contributed by atoms with Crippen LogP contribution in [0.3, 0.4) is 0 Å². The Labute approximate surface area is 202 Å². The van der Waals surface area contributed by atoms with Crippen LogP contribution in [-0.2, 0) is 17.9 Å². The van der Waals surface area contributed by atoms with E-state index in [0.717, 1.165) is 32.9 Å². The summed E-state index contributed by atoms with van der Waals surface area (Å²) in [6, 6.07) is 12.0. The number of benzene rings is 2. The van der Waals surface area contributed by atoms with Gasteiger partial charge in [-0.2, -0.15) is 0 Å². The fraction of sp³-hybridized carbons (Fsp3) is 0.375. The summed E-state index contributed by atoms with van der Waals surface area (Å²) in [5.41, 5.74) is 4.18. The van der Waals surface area contributed by atoms with Gasteiger partial charge in [-0.1, -0.05) is 53.7 Å². The second-order valence-corrected chi connectivity index (χ2v) is 9.73. The van der Waals surface area contributed by atoms with E-state index in [0.29, 0.717) is 24.2 Å². The Balaban J connectivity index is 1.63. The van der Waals surface area contributed by atoms with Gasteiger partial charge in [-0.3, -0.25) is 4.79 Å². The van der Waals surface area contributed by atoms with Crippen LogP contribution in [0.5, 0.6) is 5.75 Å². The smallest absolute Gasteiger partial charge is 0.234 e. The maximum Gasteiger partial charge on any atom is 0.234 e. The largest absolute Gasteiger partial charge is 0.485 e. The van der Waals surface area contributed by atoms with E-state index in [2.05, 4.69) is 70.4 Å². The molecule has 0 aliphatic heterocycles. The van der Waals surface area contributed by atoms with Gasteiger partial charge in [0.25, 0.3) is 0 Å². The average molecular weight is 517 g/mol. The van der Waals surface area contributed by atoms with Gasteiger partial charge in [-0.05, 0) is 67.6 Å². The molecular weight excluding hydrogens is 488 g/mol. The highest BCUT2D eigenvalue weighted by Gasteiger charge is 2.15. The first-order valence-electron chi connectivity index (χ1n) is 10.6. The molecule has 0 aliphatic carbocycles. The van der Waals surface area contributed by atoms with E-state index >= 15 is 0 Å². The van der Waals surface area contributed by atoms with Crippen molar-refractivity contribution in [2.75, 3.05) is 11.1 Å². The zero-order chi connectivity index (χ0) is 23.3. The Morgan fingerprint density at radius 1 is 1.19 bits per heavy atom. The van der Waals surface area contributed by atoms with Crippen molar-refractivity contribution >= 4 is 39.3 Å². The molecule has 0 radical (unpaired) electrons.